The second-order valence-corrected chi connectivity index (χ2v) is 4.94. The molecule has 0 saturated heterocycles. The molecule has 0 spiro atoms. The number of hydrogen-bond donors (Lipinski definition) is 1. The van der Waals surface area contributed by atoms with Gasteiger partial charge in [-0.2, -0.15) is 0 Å². The zero-order chi connectivity index (χ0) is 17.1. The first-order valence-corrected chi connectivity index (χ1v) is 7.12. The third-order valence-corrected chi connectivity index (χ3v) is 3.51. The molecule has 0 amide bonds. The Kier molecular flexibility index (Phi) is 4.15. The van der Waals surface area contributed by atoms with Gasteiger partial charge in [0.2, 0.25) is 0 Å². The summed E-state index contributed by atoms with van der Waals surface area (Å²) in [5, 5.41) is 17.3. The van der Waals surface area contributed by atoms with Crippen molar-refractivity contribution >= 4 is 5.97 Å². The highest BCUT2D eigenvalue weighted by Gasteiger charge is 2.22. The molecule has 3 rings (SSSR count). The standard InChI is InChI=1S/C17H15N3O4/c1-23-13-7-3-5-11(9-13)16-15(17(21)22)18-19-20(16)12-6-4-8-14(10-12)24-2/h3-10H,1-2H3,(H,21,22). The van der Waals surface area contributed by atoms with Gasteiger partial charge in [0.15, 0.2) is 5.69 Å². The van der Waals surface area contributed by atoms with E-state index in [1.54, 1.807) is 62.8 Å². The van der Waals surface area contributed by atoms with Crippen LogP contribution in [0.4, 0.5) is 0 Å². The van der Waals surface area contributed by atoms with E-state index < -0.39 is 5.97 Å². The zero-order valence-electron chi connectivity index (χ0n) is 13.1. The van der Waals surface area contributed by atoms with Crippen molar-refractivity contribution in [3.05, 3.63) is 54.2 Å². The summed E-state index contributed by atoms with van der Waals surface area (Å²) in [6, 6.07) is 14.2. The molecule has 0 unspecified atom stereocenters. The third-order valence-electron chi connectivity index (χ3n) is 3.51. The lowest BCUT2D eigenvalue weighted by Crippen LogP contribution is -2.03. The Morgan fingerprint density at radius 1 is 1.04 bits per heavy atom. The van der Waals surface area contributed by atoms with E-state index in [0.29, 0.717) is 28.4 Å². The molecule has 7 nitrogen and oxygen atoms in total. The number of rotatable bonds is 5. The Morgan fingerprint density at radius 2 is 1.71 bits per heavy atom. The summed E-state index contributed by atoms with van der Waals surface area (Å²) in [6.07, 6.45) is 0. The van der Waals surface area contributed by atoms with Crippen LogP contribution in [-0.4, -0.2) is 40.3 Å². The summed E-state index contributed by atoms with van der Waals surface area (Å²) >= 11 is 0. The van der Waals surface area contributed by atoms with E-state index in [2.05, 4.69) is 10.3 Å². The van der Waals surface area contributed by atoms with Crippen LogP contribution in [0.25, 0.3) is 16.9 Å². The van der Waals surface area contributed by atoms with Crippen molar-refractivity contribution in [2.24, 2.45) is 0 Å². The van der Waals surface area contributed by atoms with Crippen LogP contribution in [0.2, 0.25) is 0 Å². The van der Waals surface area contributed by atoms with Gasteiger partial charge >= 0.3 is 5.97 Å². The quantitative estimate of drug-likeness (QED) is 0.776. The number of carbonyl (C=O) groups is 1. The monoisotopic (exact) mass is 325 g/mol. The number of hydrogen-bond acceptors (Lipinski definition) is 5. The lowest BCUT2D eigenvalue weighted by Gasteiger charge is -2.09. The number of aromatic nitrogens is 3. The van der Waals surface area contributed by atoms with Gasteiger partial charge in [0.05, 0.1) is 19.9 Å². The van der Waals surface area contributed by atoms with Crippen molar-refractivity contribution in [3.8, 4) is 28.4 Å². The van der Waals surface area contributed by atoms with Crippen LogP contribution < -0.4 is 9.47 Å². The first kappa shape index (κ1) is 15.5. The number of methoxy groups -OCH3 is 2. The summed E-state index contributed by atoms with van der Waals surface area (Å²) < 4.78 is 11.9. The van der Waals surface area contributed by atoms with Gasteiger partial charge in [0.25, 0.3) is 0 Å². The molecule has 122 valence electrons. The number of carboxylic acids is 1. The van der Waals surface area contributed by atoms with E-state index in [-0.39, 0.29) is 5.69 Å². The molecule has 0 aliphatic rings. The molecule has 1 aromatic heterocycles. The maximum Gasteiger partial charge on any atom is 0.358 e. The predicted octanol–water partition coefficient (Wildman–Crippen LogP) is 2.65. The molecule has 0 aliphatic carbocycles. The highest BCUT2D eigenvalue weighted by atomic mass is 16.5. The molecule has 3 aromatic rings. The highest BCUT2D eigenvalue weighted by molar-refractivity contribution is 5.93. The minimum absolute atomic E-state index is 0.133. The first-order valence-electron chi connectivity index (χ1n) is 7.12. The Balaban J connectivity index is 2.22. The normalized spacial score (nSPS) is 10.4. The van der Waals surface area contributed by atoms with Crippen LogP contribution in [0.1, 0.15) is 10.5 Å². The minimum atomic E-state index is -1.15. The molecule has 0 fully saturated rings. The largest absolute Gasteiger partial charge is 0.497 e. The number of aromatic carboxylic acids is 1. The van der Waals surface area contributed by atoms with Crippen molar-refractivity contribution in [2.45, 2.75) is 0 Å². The molecule has 2 aromatic carbocycles. The topological polar surface area (TPSA) is 86.5 Å². The number of ether oxygens (including phenoxy) is 2. The van der Waals surface area contributed by atoms with Crippen molar-refractivity contribution in [1.82, 2.24) is 15.0 Å². The smallest absolute Gasteiger partial charge is 0.358 e. The molecule has 0 radical (unpaired) electrons. The second-order valence-electron chi connectivity index (χ2n) is 4.94. The predicted molar refractivity (Wildman–Crippen MR) is 86.9 cm³/mol. The molecule has 0 aliphatic heterocycles. The summed E-state index contributed by atoms with van der Waals surface area (Å²) in [6.45, 7) is 0. The summed E-state index contributed by atoms with van der Waals surface area (Å²) in [5.74, 6) is 0.0978. The molecule has 0 bridgehead atoms. The zero-order valence-corrected chi connectivity index (χ0v) is 13.1. The van der Waals surface area contributed by atoms with Crippen LogP contribution in [0.3, 0.4) is 0 Å². The van der Waals surface area contributed by atoms with Gasteiger partial charge in [-0.15, -0.1) is 5.10 Å². The summed E-state index contributed by atoms with van der Waals surface area (Å²) in [7, 11) is 3.11. The van der Waals surface area contributed by atoms with Gasteiger partial charge in [-0.1, -0.05) is 23.4 Å². The van der Waals surface area contributed by atoms with E-state index in [1.165, 1.54) is 4.68 Å². The van der Waals surface area contributed by atoms with Crippen LogP contribution in [0, 0.1) is 0 Å². The van der Waals surface area contributed by atoms with Crippen molar-refractivity contribution in [1.29, 1.82) is 0 Å². The van der Waals surface area contributed by atoms with E-state index in [0.717, 1.165) is 0 Å². The van der Waals surface area contributed by atoms with Gasteiger partial charge in [0, 0.05) is 11.6 Å². The average molecular weight is 325 g/mol. The average Bonchev–Trinajstić information content (AvgIpc) is 3.07. The molecule has 1 N–H and O–H groups in total. The molecule has 7 heteroatoms. The lowest BCUT2D eigenvalue weighted by molar-refractivity contribution is 0.0691. The fourth-order valence-corrected chi connectivity index (χ4v) is 2.38. The number of benzene rings is 2. The van der Waals surface area contributed by atoms with Crippen LogP contribution in [0.15, 0.2) is 48.5 Å². The Labute approximate surface area is 138 Å². The second kappa shape index (κ2) is 6.41. The van der Waals surface area contributed by atoms with Crippen molar-refractivity contribution < 1.29 is 19.4 Å². The van der Waals surface area contributed by atoms with Crippen LogP contribution >= 0.6 is 0 Å². The van der Waals surface area contributed by atoms with E-state index in [9.17, 15) is 9.90 Å². The number of nitrogens with zero attached hydrogens (tertiary/aromatic N) is 3. The van der Waals surface area contributed by atoms with Gasteiger partial charge in [-0.25, -0.2) is 9.48 Å². The summed E-state index contributed by atoms with van der Waals surface area (Å²) in [5.41, 5.74) is 1.52. The SMILES string of the molecule is COc1cccc(-c2c(C(=O)O)nnn2-c2cccc(OC)c2)c1. The van der Waals surface area contributed by atoms with Crippen molar-refractivity contribution in [2.75, 3.05) is 14.2 Å². The molecule has 0 saturated carbocycles. The minimum Gasteiger partial charge on any atom is -0.497 e. The van der Waals surface area contributed by atoms with E-state index in [4.69, 9.17) is 9.47 Å². The molecular formula is C17H15N3O4. The molecular weight excluding hydrogens is 310 g/mol. The fraction of sp³-hybridized carbons (Fsp3) is 0.118. The van der Waals surface area contributed by atoms with Crippen LogP contribution in [-0.2, 0) is 0 Å². The lowest BCUT2D eigenvalue weighted by atomic mass is 10.1. The summed E-state index contributed by atoms with van der Waals surface area (Å²) in [4.78, 5) is 11.5. The molecule has 1 heterocycles. The van der Waals surface area contributed by atoms with Gasteiger partial charge < -0.3 is 14.6 Å². The van der Waals surface area contributed by atoms with E-state index in [1.807, 2.05) is 0 Å². The first-order chi connectivity index (χ1) is 11.6. The fourth-order valence-electron chi connectivity index (χ4n) is 2.38. The maximum atomic E-state index is 11.5. The van der Waals surface area contributed by atoms with Gasteiger partial charge in [-0.3, -0.25) is 0 Å². The molecule has 24 heavy (non-hydrogen) atoms. The van der Waals surface area contributed by atoms with E-state index >= 15 is 0 Å². The van der Waals surface area contributed by atoms with Gasteiger partial charge in [-0.05, 0) is 24.3 Å². The molecule has 0 atom stereocenters. The Hall–Kier alpha value is -3.35. The highest BCUT2D eigenvalue weighted by Crippen LogP contribution is 2.29. The number of carboxylic acid groups (broad SMARTS) is 1. The van der Waals surface area contributed by atoms with Gasteiger partial charge in [0.1, 0.15) is 17.2 Å². The maximum absolute atomic E-state index is 11.5. The van der Waals surface area contributed by atoms with Crippen molar-refractivity contribution in [3.63, 3.8) is 0 Å². The van der Waals surface area contributed by atoms with Crippen LogP contribution in [0.5, 0.6) is 11.5 Å². The Morgan fingerprint density at radius 3 is 2.38 bits per heavy atom. The third kappa shape index (κ3) is 2.79. The Bertz CT molecular complexity index is 889.